The fourth-order valence-corrected chi connectivity index (χ4v) is 1.68. The maximum atomic E-state index is 5.99. The number of hydrogen-bond donors (Lipinski definition) is 1. The van der Waals surface area contributed by atoms with Crippen molar-refractivity contribution in [1.82, 2.24) is 4.98 Å². The quantitative estimate of drug-likeness (QED) is 0.822. The van der Waals surface area contributed by atoms with Gasteiger partial charge in [-0.3, -0.25) is 4.98 Å². The Hall–Kier alpha value is -2.23. The van der Waals surface area contributed by atoms with E-state index in [0.29, 0.717) is 5.69 Å². The van der Waals surface area contributed by atoms with Crippen molar-refractivity contribution >= 4 is 5.69 Å². The summed E-state index contributed by atoms with van der Waals surface area (Å²) in [7, 11) is 3.23. The van der Waals surface area contributed by atoms with Crippen LogP contribution in [-0.4, -0.2) is 19.2 Å². The standard InChI is InChI=1S/C13H14N2O2/c1-16-9-3-4-10(12(14)7-9)11-8-15-6-5-13(11)17-2/h3-8H,14H2,1-2H3. The Labute approximate surface area is 100 Å². The lowest BCUT2D eigenvalue weighted by Crippen LogP contribution is -1.94. The van der Waals surface area contributed by atoms with Crippen molar-refractivity contribution in [3.63, 3.8) is 0 Å². The number of pyridine rings is 1. The molecule has 0 atom stereocenters. The smallest absolute Gasteiger partial charge is 0.129 e. The van der Waals surface area contributed by atoms with Crippen LogP contribution in [0, 0.1) is 0 Å². The van der Waals surface area contributed by atoms with Gasteiger partial charge in [-0.05, 0) is 18.2 Å². The maximum Gasteiger partial charge on any atom is 0.129 e. The molecule has 0 aliphatic carbocycles. The molecule has 0 saturated carbocycles. The monoisotopic (exact) mass is 230 g/mol. The third-order valence-corrected chi connectivity index (χ3v) is 2.55. The molecule has 4 nitrogen and oxygen atoms in total. The van der Waals surface area contributed by atoms with Crippen LogP contribution >= 0.6 is 0 Å². The number of hydrogen-bond acceptors (Lipinski definition) is 4. The second-order valence-corrected chi connectivity index (χ2v) is 3.53. The SMILES string of the molecule is COc1ccc(-c2cnccc2OC)c(N)c1. The summed E-state index contributed by atoms with van der Waals surface area (Å²) in [5, 5.41) is 0. The van der Waals surface area contributed by atoms with Gasteiger partial charge in [0, 0.05) is 35.3 Å². The summed E-state index contributed by atoms with van der Waals surface area (Å²) < 4.78 is 10.4. The van der Waals surface area contributed by atoms with E-state index in [2.05, 4.69) is 4.98 Å². The molecule has 0 spiro atoms. The van der Waals surface area contributed by atoms with E-state index in [1.807, 2.05) is 12.1 Å². The summed E-state index contributed by atoms with van der Waals surface area (Å²) in [6.45, 7) is 0. The third-order valence-electron chi connectivity index (χ3n) is 2.55. The van der Waals surface area contributed by atoms with Gasteiger partial charge in [-0.15, -0.1) is 0 Å². The number of nitrogens with two attached hydrogens (primary N) is 1. The lowest BCUT2D eigenvalue weighted by molar-refractivity contribution is 0.414. The summed E-state index contributed by atoms with van der Waals surface area (Å²) in [4.78, 5) is 4.09. The van der Waals surface area contributed by atoms with Crippen LogP contribution < -0.4 is 15.2 Å². The van der Waals surface area contributed by atoms with Gasteiger partial charge in [-0.25, -0.2) is 0 Å². The van der Waals surface area contributed by atoms with Crippen molar-refractivity contribution in [2.24, 2.45) is 0 Å². The van der Waals surface area contributed by atoms with E-state index in [1.165, 1.54) is 0 Å². The fraction of sp³-hybridized carbons (Fsp3) is 0.154. The molecule has 0 aliphatic rings. The summed E-state index contributed by atoms with van der Waals surface area (Å²) in [5.74, 6) is 1.48. The van der Waals surface area contributed by atoms with E-state index in [9.17, 15) is 0 Å². The van der Waals surface area contributed by atoms with Gasteiger partial charge in [0.1, 0.15) is 11.5 Å². The Morgan fingerprint density at radius 3 is 2.53 bits per heavy atom. The van der Waals surface area contributed by atoms with Crippen molar-refractivity contribution < 1.29 is 9.47 Å². The molecule has 1 aromatic carbocycles. The zero-order chi connectivity index (χ0) is 12.3. The van der Waals surface area contributed by atoms with Gasteiger partial charge in [0.2, 0.25) is 0 Å². The van der Waals surface area contributed by atoms with Crippen molar-refractivity contribution in [2.75, 3.05) is 20.0 Å². The van der Waals surface area contributed by atoms with Gasteiger partial charge in [-0.1, -0.05) is 0 Å². The van der Waals surface area contributed by atoms with Crippen LogP contribution in [0.15, 0.2) is 36.7 Å². The molecule has 0 unspecified atom stereocenters. The van der Waals surface area contributed by atoms with Gasteiger partial charge in [0.25, 0.3) is 0 Å². The number of rotatable bonds is 3. The van der Waals surface area contributed by atoms with Crippen LogP contribution in [0.3, 0.4) is 0 Å². The highest BCUT2D eigenvalue weighted by atomic mass is 16.5. The van der Waals surface area contributed by atoms with Crippen LogP contribution in [-0.2, 0) is 0 Å². The molecule has 88 valence electrons. The number of aromatic nitrogens is 1. The number of nitrogens with zero attached hydrogens (tertiary/aromatic N) is 1. The molecule has 0 saturated heterocycles. The summed E-state index contributed by atoms with van der Waals surface area (Å²) in [5.41, 5.74) is 8.38. The molecule has 1 aromatic heterocycles. The van der Waals surface area contributed by atoms with E-state index in [4.69, 9.17) is 15.2 Å². The Kier molecular flexibility index (Phi) is 3.14. The normalized spacial score (nSPS) is 10.0. The molecule has 0 radical (unpaired) electrons. The molecular weight excluding hydrogens is 216 g/mol. The first-order chi connectivity index (χ1) is 8.26. The van der Waals surface area contributed by atoms with Gasteiger partial charge >= 0.3 is 0 Å². The Balaban J connectivity index is 2.53. The molecule has 0 amide bonds. The average molecular weight is 230 g/mol. The van der Waals surface area contributed by atoms with Gasteiger partial charge < -0.3 is 15.2 Å². The average Bonchev–Trinajstić information content (AvgIpc) is 2.38. The number of methoxy groups -OCH3 is 2. The third kappa shape index (κ3) is 2.15. The van der Waals surface area contributed by atoms with E-state index in [0.717, 1.165) is 22.6 Å². The van der Waals surface area contributed by atoms with E-state index in [-0.39, 0.29) is 0 Å². The van der Waals surface area contributed by atoms with Crippen molar-refractivity contribution in [1.29, 1.82) is 0 Å². The minimum atomic E-state index is 0.635. The van der Waals surface area contributed by atoms with E-state index >= 15 is 0 Å². The molecule has 0 aliphatic heterocycles. The molecule has 1 heterocycles. The lowest BCUT2D eigenvalue weighted by Gasteiger charge is -2.11. The van der Waals surface area contributed by atoms with Gasteiger partial charge in [0.15, 0.2) is 0 Å². The summed E-state index contributed by atoms with van der Waals surface area (Å²) in [6, 6.07) is 7.34. The topological polar surface area (TPSA) is 57.4 Å². The zero-order valence-electron chi connectivity index (χ0n) is 9.81. The first kappa shape index (κ1) is 11.3. The van der Waals surface area contributed by atoms with Crippen LogP contribution in [0.5, 0.6) is 11.5 Å². The second-order valence-electron chi connectivity index (χ2n) is 3.53. The number of benzene rings is 1. The van der Waals surface area contributed by atoms with E-state index < -0.39 is 0 Å². The lowest BCUT2D eigenvalue weighted by atomic mass is 10.0. The molecule has 2 rings (SSSR count). The highest BCUT2D eigenvalue weighted by molar-refractivity contribution is 5.80. The fourth-order valence-electron chi connectivity index (χ4n) is 1.68. The minimum Gasteiger partial charge on any atom is -0.497 e. The first-order valence-corrected chi connectivity index (χ1v) is 5.18. The molecule has 0 fully saturated rings. The Morgan fingerprint density at radius 2 is 1.88 bits per heavy atom. The number of nitrogen functional groups attached to an aromatic ring is 1. The molecule has 2 aromatic rings. The molecule has 2 N–H and O–H groups in total. The largest absolute Gasteiger partial charge is 0.497 e. The van der Waals surface area contributed by atoms with Crippen molar-refractivity contribution in [3.05, 3.63) is 36.7 Å². The number of ether oxygens (including phenoxy) is 2. The van der Waals surface area contributed by atoms with Crippen LogP contribution in [0.2, 0.25) is 0 Å². The first-order valence-electron chi connectivity index (χ1n) is 5.18. The highest BCUT2D eigenvalue weighted by Gasteiger charge is 2.09. The summed E-state index contributed by atoms with van der Waals surface area (Å²) in [6.07, 6.45) is 3.42. The molecule has 0 bridgehead atoms. The van der Waals surface area contributed by atoms with Crippen molar-refractivity contribution in [3.8, 4) is 22.6 Å². The second kappa shape index (κ2) is 4.74. The molecule has 17 heavy (non-hydrogen) atoms. The number of anilines is 1. The molecular formula is C13H14N2O2. The Morgan fingerprint density at radius 1 is 1.06 bits per heavy atom. The van der Waals surface area contributed by atoms with Crippen LogP contribution in [0.25, 0.3) is 11.1 Å². The predicted molar refractivity (Wildman–Crippen MR) is 67.2 cm³/mol. The summed E-state index contributed by atoms with van der Waals surface area (Å²) >= 11 is 0. The minimum absolute atomic E-state index is 0.635. The maximum absolute atomic E-state index is 5.99. The van der Waals surface area contributed by atoms with Crippen LogP contribution in [0.1, 0.15) is 0 Å². The van der Waals surface area contributed by atoms with Gasteiger partial charge in [-0.2, -0.15) is 0 Å². The molecule has 4 heteroatoms. The van der Waals surface area contributed by atoms with Crippen LogP contribution in [0.4, 0.5) is 5.69 Å². The Bertz CT molecular complexity index is 527. The highest BCUT2D eigenvalue weighted by Crippen LogP contribution is 2.34. The van der Waals surface area contributed by atoms with Gasteiger partial charge in [0.05, 0.1) is 14.2 Å². The van der Waals surface area contributed by atoms with E-state index in [1.54, 1.807) is 38.7 Å². The van der Waals surface area contributed by atoms with Crippen molar-refractivity contribution in [2.45, 2.75) is 0 Å². The predicted octanol–water partition coefficient (Wildman–Crippen LogP) is 2.35. The zero-order valence-corrected chi connectivity index (χ0v) is 9.81.